The first-order chi connectivity index (χ1) is 7.20. The molecule has 0 aliphatic carbocycles. The van der Waals surface area contributed by atoms with E-state index in [0.29, 0.717) is 0 Å². The molecule has 0 aliphatic heterocycles. The molecule has 0 spiro atoms. The Balaban J connectivity index is 2.95. The summed E-state index contributed by atoms with van der Waals surface area (Å²) in [6.07, 6.45) is 0. The van der Waals surface area contributed by atoms with Crippen molar-refractivity contribution in [3.8, 4) is 0 Å². The van der Waals surface area contributed by atoms with Gasteiger partial charge in [0.25, 0.3) is 0 Å². The van der Waals surface area contributed by atoms with Gasteiger partial charge in [0.15, 0.2) is 0 Å². The minimum Gasteiger partial charge on any atom is -0.384 e. The molecule has 0 bridgehead atoms. The number of benzene rings is 1. The minimum absolute atomic E-state index is 0.731. The minimum atomic E-state index is -3.01. The number of aliphatic hydroxyl groups excluding tert-OH is 1. The van der Waals surface area contributed by atoms with Crippen molar-refractivity contribution in [2.45, 2.75) is 5.73 Å². The van der Waals surface area contributed by atoms with Crippen LogP contribution in [0.3, 0.4) is 0 Å². The van der Waals surface area contributed by atoms with E-state index in [1.807, 2.05) is 30.3 Å². The third-order valence-corrected chi connectivity index (χ3v) is 5.01. The molecule has 0 radical (unpaired) electrons. The Morgan fingerprint density at radius 3 is 1.87 bits per heavy atom. The van der Waals surface area contributed by atoms with Crippen LogP contribution in [0.25, 0.3) is 0 Å². The van der Waals surface area contributed by atoms with Crippen LogP contribution in [0.4, 0.5) is 0 Å². The highest BCUT2D eigenvalue weighted by Crippen LogP contribution is 2.25. The van der Waals surface area contributed by atoms with Crippen LogP contribution in [0.5, 0.6) is 0 Å². The van der Waals surface area contributed by atoms with Gasteiger partial charge < -0.3 is 18.4 Å². The summed E-state index contributed by atoms with van der Waals surface area (Å²) < 4.78 is 15.6. The molecule has 1 atom stereocenters. The predicted octanol–water partition coefficient (Wildman–Crippen LogP) is 1.14. The van der Waals surface area contributed by atoms with Crippen molar-refractivity contribution in [2.75, 3.05) is 21.3 Å². The molecule has 0 saturated heterocycles. The van der Waals surface area contributed by atoms with Crippen molar-refractivity contribution in [3.05, 3.63) is 35.9 Å². The van der Waals surface area contributed by atoms with Crippen LogP contribution in [0, 0.1) is 0 Å². The summed E-state index contributed by atoms with van der Waals surface area (Å²) >= 11 is 0. The first-order valence-electron chi connectivity index (χ1n) is 4.58. The highest BCUT2D eigenvalue weighted by molar-refractivity contribution is 6.61. The molecule has 0 aromatic heterocycles. The van der Waals surface area contributed by atoms with Crippen molar-refractivity contribution in [1.29, 1.82) is 0 Å². The second-order valence-corrected chi connectivity index (χ2v) is 6.01. The SMILES string of the molecule is CO[Si](OC)(OC)C(O)c1ccccc1. The Morgan fingerprint density at radius 2 is 1.47 bits per heavy atom. The molecular formula is C10H16O4Si. The molecule has 1 aromatic rings. The average Bonchev–Trinajstić information content (AvgIpc) is 2.33. The summed E-state index contributed by atoms with van der Waals surface area (Å²) in [5, 5.41) is 10.1. The smallest absolute Gasteiger partial charge is 0.384 e. The molecule has 0 fully saturated rings. The maximum absolute atomic E-state index is 10.1. The monoisotopic (exact) mass is 228 g/mol. The van der Waals surface area contributed by atoms with Crippen LogP contribution in [0.15, 0.2) is 30.3 Å². The first-order valence-corrected chi connectivity index (χ1v) is 6.39. The fraction of sp³-hybridized carbons (Fsp3) is 0.400. The Bertz CT molecular complexity index is 278. The van der Waals surface area contributed by atoms with E-state index in [-0.39, 0.29) is 0 Å². The number of rotatable bonds is 5. The van der Waals surface area contributed by atoms with Gasteiger partial charge in [0.2, 0.25) is 0 Å². The zero-order valence-electron chi connectivity index (χ0n) is 9.14. The van der Waals surface area contributed by atoms with E-state index in [0.717, 1.165) is 5.56 Å². The van der Waals surface area contributed by atoms with Crippen molar-refractivity contribution in [3.63, 3.8) is 0 Å². The zero-order valence-corrected chi connectivity index (χ0v) is 10.1. The van der Waals surface area contributed by atoms with Crippen LogP contribution in [-0.4, -0.2) is 35.2 Å². The van der Waals surface area contributed by atoms with E-state index < -0.39 is 14.5 Å². The van der Waals surface area contributed by atoms with Gasteiger partial charge in [-0.05, 0) is 5.56 Å². The molecule has 5 heteroatoms. The maximum Gasteiger partial charge on any atom is 0.535 e. The number of aliphatic hydroxyl groups is 1. The molecule has 0 amide bonds. The largest absolute Gasteiger partial charge is 0.535 e. The Morgan fingerprint density at radius 1 is 1.00 bits per heavy atom. The standard InChI is InChI=1S/C10H16O4Si/c1-12-15(13-2,14-3)10(11)9-7-5-4-6-8-9/h4-8,10-11H,1-3H3. The first kappa shape index (κ1) is 12.3. The maximum atomic E-state index is 10.1. The van der Waals surface area contributed by atoms with E-state index in [9.17, 15) is 5.11 Å². The summed E-state index contributed by atoms with van der Waals surface area (Å²) in [4.78, 5) is 0. The van der Waals surface area contributed by atoms with Gasteiger partial charge in [-0.3, -0.25) is 0 Å². The summed E-state index contributed by atoms with van der Waals surface area (Å²) in [6, 6.07) is 9.19. The van der Waals surface area contributed by atoms with Crippen LogP contribution in [0.1, 0.15) is 11.3 Å². The van der Waals surface area contributed by atoms with Crippen LogP contribution in [-0.2, 0) is 13.3 Å². The summed E-state index contributed by atoms with van der Waals surface area (Å²) in [5.41, 5.74) is -0.131. The van der Waals surface area contributed by atoms with Gasteiger partial charge in [-0.15, -0.1) is 0 Å². The Kier molecular flexibility index (Phi) is 4.43. The van der Waals surface area contributed by atoms with Gasteiger partial charge in [-0.25, -0.2) is 0 Å². The highest BCUT2D eigenvalue weighted by Gasteiger charge is 2.47. The van der Waals surface area contributed by atoms with Crippen LogP contribution in [0.2, 0.25) is 0 Å². The fourth-order valence-electron chi connectivity index (χ4n) is 1.42. The molecule has 0 heterocycles. The molecule has 4 nitrogen and oxygen atoms in total. The Hall–Kier alpha value is -0.723. The fourth-order valence-corrected chi connectivity index (χ4v) is 3.19. The zero-order chi connectivity index (χ0) is 11.3. The van der Waals surface area contributed by atoms with Crippen LogP contribution < -0.4 is 0 Å². The lowest BCUT2D eigenvalue weighted by Gasteiger charge is -2.29. The van der Waals surface area contributed by atoms with E-state index in [1.54, 1.807) is 0 Å². The molecule has 1 N–H and O–H groups in total. The predicted molar refractivity (Wildman–Crippen MR) is 58.2 cm³/mol. The van der Waals surface area contributed by atoms with Crippen LogP contribution >= 0.6 is 0 Å². The van der Waals surface area contributed by atoms with Gasteiger partial charge >= 0.3 is 8.80 Å². The molecule has 84 valence electrons. The summed E-state index contributed by atoms with van der Waals surface area (Å²) in [7, 11) is 1.43. The topological polar surface area (TPSA) is 47.9 Å². The normalized spacial score (nSPS) is 13.9. The van der Waals surface area contributed by atoms with Gasteiger partial charge in [0, 0.05) is 21.3 Å². The van der Waals surface area contributed by atoms with Crippen molar-refractivity contribution in [1.82, 2.24) is 0 Å². The molecule has 1 rings (SSSR count). The Labute approximate surface area is 90.8 Å². The lowest BCUT2D eigenvalue weighted by atomic mass is 10.2. The third kappa shape index (κ3) is 2.45. The van der Waals surface area contributed by atoms with Crippen molar-refractivity contribution in [2.24, 2.45) is 0 Å². The molecule has 0 saturated carbocycles. The molecule has 1 aromatic carbocycles. The van der Waals surface area contributed by atoms with Gasteiger partial charge in [0.1, 0.15) is 5.73 Å². The van der Waals surface area contributed by atoms with Crippen molar-refractivity contribution >= 4 is 8.80 Å². The van der Waals surface area contributed by atoms with Gasteiger partial charge in [-0.2, -0.15) is 0 Å². The van der Waals surface area contributed by atoms with E-state index in [4.69, 9.17) is 13.3 Å². The lowest BCUT2D eigenvalue weighted by Crippen LogP contribution is -2.49. The highest BCUT2D eigenvalue weighted by atomic mass is 28.4. The third-order valence-electron chi connectivity index (χ3n) is 2.30. The van der Waals surface area contributed by atoms with Gasteiger partial charge in [-0.1, -0.05) is 30.3 Å². The van der Waals surface area contributed by atoms with E-state index >= 15 is 0 Å². The molecule has 1 unspecified atom stereocenters. The second-order valence-electron chi connectivity index (χ2n) is 3.03. The van der Waals surface area contributed by atoms with E-state index in [1.165, 1.54) is 21.3 Å². The number of hydrogen-bond donors (Lipinski definition) is 1. The molecule has 0 aliphatic rings. The summed E-state index contributed by atoms with van der Waals surface area (Å²) in [5.74, 6) is 0. The lowest BCUT2D eigenvalue weighted by molar-refractivity contribution is 0.0584. The molecular weight excluding hydrogens is 212 g/mol. The summed E-state index contributed by atoms with van der Waals surface area (Å²) in [6.45, 7) is 0. The van der Waals surface area contributed by atoms with E-state index in [2.05, 4.69) is 0 Å². The average molecular weight is 228 g/mol. The van der Waals surface area contributed by atoms with Gasteiger partial charge in [0.05, 0.1) is 0 Å². The quantitative estimate of drug-likeness (QED) is 0.768. The number of hydrogen-bond acceptors (Lipinski definition) is 4. The second kappa shape index (κ2) is 5.39. The molecule has 15 heavy (non-hydrogen) atoms. The van der Waals surface area contributed by atoms with Crippen molar-refractivity contribution < 1.29 is 18.4 Å².